The molecular formula is C20H24ClFN3O2+. The number of benzene rings is 2. The fourth-order valence-corrected chi connectivity index (χ4v) is 3.37. The Labute approximate surface area is 163 Å². The van der Waals surface area contributed by atoms with Crippen molar-refractivity contribution >= 4 is 28.9 Å². The van der Waals surface area contributed by atoms with Gasteiger partial charge in [0.2, 0.25) is 0 Å². The second kappa shape index (κ2) is 9.06. The van der Waals surface area contributed by atoms with E-state index in [0.717, 1.165) is 38.4 Å². The first-order valence-electron chi connectivity index (χ1n) is 9.11. The molecule has 3 rings (SSSR count). The van der Waals surface area contributed by atoms with E-state index >= 15 is 0 Å². The Morgan fingerprint density at radius 2 is 2.04 bits per heavy atom. The van der Waals surface area contributed by atoms with E-state index in [-0.39, 0.29) is 12.5 Å². The zero-order chi connectivity index (χ0) is 19.2. The zero-order valence-corrected chi connectivity index (χ0v) is 16.1. The minimum atomic E-state index is -0.404. The number of piperazine rings is 1. The summed E-state index contributed by atoms with van der Waals surface area (Å²) in [5, 5.41) is 3.42. The Kier molecular flexibility index (Phi) is 6.53. The molecule has 0 aliphatic carbocycles. The minimum absolute atomic E-state index is 0.205. The fraction of sp³-hybridized carbons (Fsp3) is 0.350. The molecule has 0 saturated carbocycles. The van der Waals surface area contributed by atoms with Crippen LogP contribution in [0.1, 0.15) is 6.92 Å². The van der Waals surface area contributed by atoms with Crippen molar-refractivity contribution in [1.29, 1.82) is 0 Å². The van der Waals surface area contributed by atoms with Gasteiger partial charge in [0.05, 0.1) is 44.1 Å². The van der Waals surface area contributed by atoms with Crippen LogP contribution in [-0.2, 0) is 4.79 Å². The first-order chi connectivity index (χ1) is 13.0. The largest absolute Gasteiger partial charge is 0.484 e. The standard InChI is InChI=1S/C20H23ClFN3O2/c1-2-24-8-10-25(11-9-24)19-7-6-15(21)12-18(19)23-20(26)14-27-17-5-3-4-16(22)13-17/h3-7,12-13H,2,8-11,14H2,1H3,(H,23,26)/p+1. The lowest BCUT2D eigenvalue weighted by molar-refractivity contribution is -0.898. The summed E-state index contributed by atoms with van der Waals surface area (Å²) < 4.78 is 18.6. The molecule has 1 aliphatic heterocycles. The molecule has 1 heterocycles. The van der Waals surface area contributed by atoms with E-state index in [1.165, 1.54) is 18.2 Å². The van der Waals surface area contributed by atoms with Gasteiger partial charge in [-0.1, -0.05) is 17.7 Å². The lowest BCUT2D eigenvalue weighted by Crippen LogP contribution is -3.14. The number of likely N-dealkylation sites (N-methyl/N-ethyl adjacent to an activating group) is 1. The summed E-state index contributed by atoms with van der Waals surface area (Å²) in [5.74, 6) is -0.408. The Morgan fingerprint density at radius 3 is 2.74 bits per heavy atom. The normalized spacial score (nSPS) is 14.9. The smallest absolute Gasteiger partial charge is 0.262 e. The highest BCUT2D eigenvalue weighted by Crippen LogP contribution is 2.29. The van der Waals surface area contributed by atoms with Crippen LogP contribution in [0, 0.1) is 5.82 Å². The topological polar surface area (TPSA) is 46.0 Å². The third-order valence-corrected chi connectivity index (χ3v) is 4.95. The highest BCUT2D eigenvalue weighted by molar-refractivity contribution is 6.31. The number of carbonyl (C=O) groups is 1. The Balaban J connectivity index is 1.65. The van der Waals surface area contributed by atoms with E-state index < -0.39 is 5.82 Å². The predicted octanol–water partition coefficient (Wildman–Crippen LogP) is 2.22. The fourth-order valence-electron chi connectivity index (χ4n) is 3.19. The predicted molar refractivity (Wildman–Crippen MR) is 105 cm³/mol. The van der Waals surface area contributed by atoms with Gasteiger partial charge in [0.15, 0.2) is 6.61 Å². The number of nitrogens with zero attached hydrogens (tertiary/aromatic N) is 1. The first kappa shape index (κ1) is 19.5. The second-order valence-corrected chi connectivity index (χ2v) is 6.98. The van der Waals surface area contributed by atoms with Crippen LogP contribution in [-0.4, -0.2) is 45.2 Å². The third-order valence-electron chi connectivity index (χ3n) is 4.71. The third kappa shape index (κ3) is 5.34. The molecule has 0 unspecified atom stereocenters. The van der Waals surface area contributed by atoms with Gasteiger partial charge in [-0.25, -0.2) is 4.39 Å². The molecule has 0 radical (unpaired) electrons. The van der Waals surface area contributed by atoms with E-state index in [9.17, 15) is 9.18 Å². The van der Waals surface area contributed by atoms with Crippen molar-refractivity contribution in [3.05, 3.63) is 53.3 Å². The molecule has 144 valence electrons. The number of anilines is 2. The molecule has 27 heavy (non-hydrogen) atoms. The molecule has 0 spiro atoms. The SMILES string of the molecule is CC[NH+]1CCN(c2ccc(Cl)cc2NC(=O)COc2cccc(F)c2)CC1. The van der Waals surface area contributed by atoms with Gasteiger partial charge in [-0.2, -0.15) is 0 Å². The monoisotopic (exact) mass is 392 g/mol. The summed E-state index contributed by atoms with van der Waals surface area (Å²) >= 11 is 6.13. The number of nitrogens with one attached hydrogen (secondary N) is 2. The van der Waals surface area contributed by atoms with Gasteiger partial charge < -0.3 is 19.9 Å². The molecule has 0 bridgehead atoms. The van der Waals surface area contributed by atoms with Gasteiger partial charge in [-0.05, 0) is 37.3 Å². The number of ether oxygens (including phenoxy) is 1. The van der Waals surface area contributed by atoms with Crippen LogP contribution >= 0.6 is 11.6 Å². The Morgan fingerprint density at radius 1 is 1.26 bits per heavy atom. The van der Waals surface area contributed by atoms with Crippen molar-refractivity contribution < 1.29 is 18.8 Å². The molecule has 0 atom stereocenters. The maximum atomic E-state index is 13.2. The molecule has 7 heteroatoms. The zero-order valence-electron chi connectivity index (χ0n) is 15.3. The van der Waals surface area contributed by atoms with Crippen molar-refractivity contribution in [3.8, 4) is 5.75 Å². The summed E-state index contributed by atoms with van der Waals surface area (Å²) in [6.45, 7) is 7.08. The van der Waals surface area contributed by atoms with E-state index in [2.05, 4.69) is 17.1 Å². The van der Waals surface area contributed by atoms with Crippen LogP contribution in [0.25, 0.3) is 0 Å². The van der Waals surface area contributed by atoms with Gasteiger partial charge in [0.1, 0.15) is 11.6 Å². The van der Waals surface area contributed by atoms with E-state index in [4.69, 9.17) is 16.3 Å². The summed E-state index contributed by atoms with van der Waals surface area (Å²) in [5.41, 5.74) is 1.61. The van der Waals surface area contributed by atoms with Crippen molar-refractivity contribution in [1.82, 2.24) is 0 Å². The molecule has 2 aromatic carbocycles. The molecule has 1 amide bonds. The van der Waals surface area contributed by atoms with Crippen molar-refractivity contribution in [2.45, 2.75) is 6.92 Å². The number of hydrogen-bond acceptors (Lipinski definition) is 3. The van der Waals surface area contributed by atoms with Crippen LogP contribution in [0.4, 0.5) is 15.8 Å². The number of rotatable bonds is 6. The van der Waals surface area contributed by atoms with E-state index in [1.807, 2.05) is 12.1 Å². The molecular weight excluding hydrogens is 369 g/mol. The van der Waals surface area contributed by atoms with Crippen LogP contribution in [0.15, 0.2) is 42.5 Å². The van der Waals surface area contributed by atoms with Crippen LogP contribution in [0.5, 0.6) is 5.75 Å². The number of quaternary nitrogens is 1. The first-order valence-corrected chi connectivity index (χ1v) is 9.49. The number of halogens is 2. The molecule has 5 nitrogen and oxygen atoms in total. The number of hydrogen-bond donors (Lipinski definition) is 2. The van der Waals surface area contributed by atoms with Gasteiger partial charge in [-0.15, -0.1) is 0 Å². The lowest BCUT2D eigenvalue weighted by Gasteiger charge is -2.34. The van der Waals surface area contributed by atoms with Gasteiger partial charge >= 0.3 is 0 Å². The highest BCUT2D eigenvalue weighted by Gasteiger charge is 2.21. The number of carbonyl (C=O) groups excluding carboxylic acids is 1. The van der Waals surface area contributed by atoms with Crippen molar-refractivity contribution in [3.63, 3.8) is 0 Å². The Hall–Kier alpha value is -2.31. The number of amides is 1. The average molecular weight is 393 g/mol. The van der Waals surface area contributed by atoms with Crippen molar-refractivity contribution in [2.75, 3.05) is 49.5 Å². The molecule has 0 aromatic heterocycles. The van der Waals surface area contributed by atoms with Gasteiger partial charge in [0.25, 0.3) is 5.91 Å². The maximum absolute atomic E-state index is 13.2. The van der Waals surface area contributed by atoms with E-state index in [0.29, 0.717) is 16.5 Å². The summed E-state index contributed by atoms with van der Waals surface area (Å²) in [6.07, 6.45) is 0. The average Bonchev–Trinajstić information content (AvgIpc) is 2.67. The Bertz CT molecular complexity index is 795. The second-order valence-electron chi connectivity index (χ2n) is 6.55. The van der Waals surface area contributed by atoms with Gasteiger partial charge in [-0.3, -0.25) is 4.79 Å². The molecule has 1 aliphatic rings. The molecule has 2 aromatic rings. The minimum Gasteiger partial charge on any atom is -0.484 e. The summed E-state index contributed by atoms with van der Waals surface area (Å²) in [6, 6.07) is 11.2. The summed E-state index contributed by atoms with van der Waals surface area (Å²) in [7, 11) is 0. The van der Waals surface area contributed by atoms with Crippen molar-refractivity contribution in [2.24, 2.45) is 0 Å². The van der Waals surface area contributed by atoms with Crippen LogP contribution in [0.2, 0.25) is 5.02 Å². The molecule has 2 N–H and O–H groups in total. The highest BCUT2D eigenvalue weighted by atomic mass is 35.5. The van der Waals surface area contributed by atoms with E-state index in [1.54, 1.807) is 17.0 Å². The van der Waals surface area contributed by atoms with Crippen LogP contribution < -0.4 is 19.9 Å². The maximum Gasteiger partial charge on any atom is 0.262 e. The van der Waals surface area contributed by atoms with Crippen LogP contribution in [0.3, 0.4) is 0 Å². The van der Waals surface area contributed by atoms with Gasteiger partial charge in [0, 0.05) is 11.1 Å². The molecule has 1 fully saturated rings. The quantitative estimate of drug-likeness (QED) is 0.792. The molecule has 1 saturated heterocycles. The lowest BCUT2D eigenvalue weighted by atomic mass is 10.2. The summed E-state index contributed by atoms with van der Waals surface area (Å²) in [4.78, 5) is 16.2.